The summed E-state index contributed by atoms with van der Waals surface area (Å²) in [6.45, 7) is 1.75. The average molecular weight is 369 g/mol. The molecule has 0 saturated carbocycles. The molecule has 0 radical (unpaired) electrons. The van der Waals surface area contributed by atoms with Crippen LogP contribution in [-0.4, -0.2) is 52.7 Å². The number of sulfonamides is 1. The Morgan fingerprint density at radius 1 is 1.38 bits per heavy atom. The van der Waals surface area contributed by atoms with E-state index in [-0.39, 0.29) is 10.8 Å². The first kappa shape index (κ1) is 18.4. The van der Waals surface area contributed by atoms with Gasteiger partial charge >= 0.3 is 0 Å². The lowest BCUT2D eigenvalue weighted by Gasteiger charge is -2.14. The number of anilines is 1. The molecule has 1 aromatic carbocycles. The maximum atomic E-state index is 12.3. The Hall–Kier alpha value is -1.91. The van der Waals surface area contributed by atoms with Gasteiger partial charge in [0.1, 0.15) is 6.33 Å². The summed E-state index contributed by atoms with van der Waals surface area (Å²) < 4.78 is 27.1. The van der Waals surface area contributed by atoms with Gasteiger partial charge in [-0.1, -0.05) is 17.8 Å². The van der Waals surface area contributed by atoms with E-state index in [2.05, 4.69) is 15.5 Å². The highest BCUT2D eigenvalue weighted by Gasteiger charge is 2.20. The molecule has 24 heavy (non-hydrogen) atoms. The number of nitrogens with one attached hydrogen (secondary N) is 1. The summed E-state index contributed by atoms with van der Waals surface area (Å²) in [6.07, 6.45) is 1.56. The van der Waals surface area contributed by atoms with Gasteiger partial charge in [0.25, 0.3) is 0 Å². The SMILES string of the molecule is C[C@@H](Sc1nncn1C)C(=O)Nc1cccc(S(=O)(=O)N(C)C)c1. The maximum Gasteiger partial charge on any atom is 0.242 e. The van der Waals surface area contributed by atoms with Crippen LogP contribution in [0.3, 0.4) is 0 Å². The number of nitrogens with zero attached hydrogens (tertiary/aromatic N) is 4. The summed E-state index contributed by atoms with van der Waals surface area (Å²) in [5.74, 6) is -0.248. The summed E-state index contributed by atoms with van der Waals surface area (Å²) in [5, 5.41) is 10.6. The molecule has 0 spiro atoms. The molecule has 130 valence electrons. The van der Waals surface area contributed by atoms with Crippen molar-refractivity contribution in [3.8, 4) is 0 Å². The molecule has 1 atom stereocenters. The van der Waals surface area contributed by atoms with Crippen molar-refractivity contribution in [2.45, 2.75) is 22.2 Å². The number of thioether (sulfide) groups is 1. The highest BCUT2D eigenvalue weighted by molar-refractivity contribution is 8.00. The van der Waals surface area contributed by atoms with Crippen LogP contribution in [0.5, 0.6) is 0 Å². The summed E-state index contributed by atoms with van der Waals surface area (Å²) in [7, 11) is 1.16. The molecule has 0 bridgehead atoms. The summed E-state index contributed by atoms with van der Waals surface area (Å²) in [4.78, 5) is 12.4. The summed E-state index contributed by atoms with van der Waals surface area (Å²) >= 11 is 1.27. The van der Waals surface area contributed by atoms with Crippen molar-refractivity contribution in [2.24, 2.45) is 7.05 Å². The van der Waals surface area contributed by atoms with Crippen LogP contribution in [0, 0.1) is 0 Å². The molecule has 0 aliphatic rings. The van der Waals surface area contributed by atoms with Gasteiger partial charge in [0, 0.05) is 26.8 Å². The van der Waals surface area contributed by atoms with Gasteiger partial charge in [0.15, 0.2) is 5.16 Å². The zero-order valence-corrected chi connectivity index (χ0v) is 15.4. The molecule has 1 heterocycles. The van der Waals surface area contributed by atoms with E-state index in [0.29, 0.717) is 10.8 Å². The third kappa shape index (κ3) is 4.13. The van der Waals surface area contributed by atoms with Crippen LogP contribution in [0.15, 0.2) is 40.6 Å². The minimum absolute atomic E-state index is 0.124. The normalized spacial score (nSPS) is 13.0. The zero-order chi connectivity index (χ0) is 17.9. The number of hydrogen-bond donors (Lipinski definition) is 1. The van der Waals surface area contributed by atoms with Crippen molar-refractivity contribution in [2.75, 3.05) is 19.4 Å². The fourth-order valence-corrected chi connectivity index (χ4v) is 3.52. The number of aromatic nitrogens is 3. The number of benzene rings is 1. The van der Waals surface area contributed by atoms with Crippen molar-refractivity contribution >= 4 is 33.4 Å². The van der Waals surface area contributed by atoms with E-state index in [0.717, 1.165) is 4.31 Å². The highest BCUT2D eigenvalue weighted by atomic mass is 32.2. The number of amides is 1. The number of aryl methyl sites for hydroxylation is 1. The lowest BCUT2D eigenvalue weighted by Crippen LogP contribution is -2.24. The minimum atomic E-state index is -3.55. The molecular weight excluding hydrogens is 350 g/mol. The monoisotopic (exact) mass is 369 g/mol. The van der Waals surface area contributed by atoms with Crippen LogP contribution < -0.4 is 5.32 Å². The lowest BCUT2D eigenvalue weighted by molar-refractivity contribution is -0.115. The lowest BCUT2D eigenvalue weighted by atomic mass is 10.3. The Balaban J connectivity index is 2.11. The van der Waals surface area contributed by atoms with Gasteiger partial charge in [0.05, 0.1) is 10.1 Å². The molecule has 1 aromatic heterocycles. The number of rotatable bonds is 6. The number of carbonyl (C=O) groups is 1. The number of carbonyl (C=O) groups excluding carboxylic acids is 1. The molecular formula is C14H19N5O3S2. The fourth-order valence-electron chi connectivity index (χ4n) is 1.78. The molecule has 0 unspecified atom stereocenters. The Morgan fingerprint density at radius 2 is 2.08 bits per heavy atom. The Bertz CT molecular complexity index is 832. The van der Waals surface area contributed by atoms with Gasteiger partial charge in [-0.15, -0.1) is 10.2 Å². The Labute approximate surface area is 145 Å². The molecule has 2 aromatic rings. The van der Waals surface area contributed by atoms with Gasteiger partial charge in [-0.2, -0.15) is 0 Å². The third-order valence-electron chi connectivity index (χ3n) is 3.20. The standard InChI is InChI=1S/C14H19N5O3S2/c1-10(23-14-17-15-9-19(14)4)13(20)16-11-6-5-7-12(8-11)24(21,22)18(2)3/h5-10H,1-4H3,(H,16,20)/t10-/m1/s1. The molecule has 8 nitrogen and oxygen atoms in total. The first-order chi connectivity index (χ1) is 11.2. The van der Waals surface area contributed by atoms with Crippen molar-refractivity contribution in [3.05, 3.63) is 30.6 Å². The van der Waals surface area contributed by atoms with Crippen LogP contribution in [0.25, 0.3) is 0 Å². The molecule has 1 amide bonds. The number of hydrogen-bond acceptors (Lipinski definition) is 6. The second-order valence-electron chi connectivity index (χ2n) is 5.29. The zero-order valence-electron chi connectivity index (χ0n) is 13.8. The topological polar surface area (TPSA) is 97.2 Å². The van der Waals surface area contributed by atoms with Crippen LogP contribution >= 0.6 is 11.8 Å². The van der Waals surface area contributed by atoms with E-state index < -0.39 is 15.3 Å². The van der Waals surface area contributed by atoms with Gasteiger partial charge < -0.3 is 9.88 Å². The van der Waals surface area contributed by atoms with Crippen LogP contribution in [0.4, 0.5) is 5.69 Å². The summed E-state index contributed by atoms with van der Waals surface area (Å²) in [6, 6.07) is 6.16. The first-order valence-electron chi connectivity index (χ1n) is 7.06. The molecule has 10 heteroatoms. The molecule has 1 N–H and O–H groups in total. The van der Waals surface area contributed by atoms with Crippen molar-refractivity contribution in [3.63, 3.8) is 0 Å². The van der Waals surface area contributed by atoms with Gasteiger partial charge in [-0.25, -0.2) is 12.7 Å². The Morgan fingerprint density at radius 3 is 2.67 bits per heavy atom. The van der Waals surface area contributed by atoms with Crippen molar-refractivity contribution < 1.29 is 13.2 Å². The van der Waals surface area contributed by atoms with Gasteiger partial charge in [-0.3, -0.25) is 4.79 Å². The first-order valence-corrected chi connectivity index (χ1v) is 9.38. The molecule has 2 rings (SSSR count). The van der Waals surface area contributed by atoms with Gasteiger partial charge in [-0.05, 0) is 25.1 Å². The van der Waals surface area contributed by atoms with Crippen molar-refractivity contribution in [1.82, 2.24) is 19.1 Å². The van der Waals surface area contributed by atoms with Crippen LogP contribution in [0.1, 0.15) is 6.92 Å². The smallest absolute Gasteiger partial charge is 0.242 e. The second kappa shape index (κ2) is 7.32. The molecule has 0 aliphatic heterocycles. The molecule has 0 aliphatic carbocycles. The largest absolute Gasteiger partial charge is 0.325 e. The van der Waals surface area contributed by atoms with E-state index in [1.54, 1.807) is 37.0 Å². The predicted molar refractivity (Wildman–Crippen MR) is 92.3 cm³/mol. The maximum absolute atomic E-state index is 12.3. The average Bonchev–Trinajstić information content (AvgIpc) is 2.92. The third-order valence-corrected chi connectivity index (χ3v) is 6.16. The van der Waals surface area contributed by atoms with E-state index in [9.17, 15) is 13.2 Å². The fraction of sp³-hybridized carbons (Fsp3) is 0.357. The molecule has 0 saturated heterocycles. The second-order valence-corrected chi connectivity index (χ2v) is 8.75. The molecule has 0 fully saturated rings. The van der Waals surface area contributed by atoms with Crippen LogP contribution in [0.2, 0.25) is 0 Å². The van der Waals surface area contributed by atoms with E-state index >= 15 is 0 Å². The Kier molecular flexibility index (Phi) is 5.62. The van der Waals surface area contributed by atoms with Crippen LogP contribution in [-0.2, 0) is 21.9 Å². The predicted octanol–water partition coefficient (Wildman–Crippen LogP) is 1.18. The van der Waals surface area contributed by atoms with Crippen molar-refractivity contribution in [1.29, 1.82) is 0 Å². The van der Waals surface area contributed by atoms with E-state index in [4.69, 9.17) is 0 Å². The van der Waals surface area contributed by atoms with E-state index in [1.807, 2.05) is 0 Å². The highest BCUT2D eigenvalue weighted by Crippen LogP contribution is 2.22. The van der Waals surface area contributed by atoms with Gasteiger partial charge in [0.2, 0.25) is 15.9 Å². The minimum Gasteiger partial charge on any atom is -0.325 e. The van der Waals surface area contributed by atoms with E-state index in [1.165, 1.54) is 38.0 Å². The summed E-state index contributed by atoms with van der Waals surface area (Å²) in [5.41, 5.74) is 0.424. The quantitative estimate of drug-likeness (QED) is 0.768.